The molecule has 2 saturated heterocycles. The second kappa shape index (κ2) is 5.50. The lowest BCUT2D eigenvalue weighted by molar-refractivity contribution is 0.0895. The molecule has 2 atom stereocenters. The minimum atomic E-state index is 0.499. The highest BCUT2D eigenvalue weighted by Gasteiger charge is 2.35. The first kappa shape index (κ1) is 13.7. The van der Waals surface area contributed by atoms with Crippen molar-refractivity contribution in [2.45, 2.75) is 44.9 Å². The summed E-state index contributed by atoms with van der Waals surface area (Å²) < 4.78 is 0. The van der Waals surface area contributed by atoms with Gasteiger partial charge < -0.3 is 5.32 Å². The number of hydrogen-bond acceptors (Lipinski definition) is 3. The van der Waals surface area contributed by atoms with Crippen LogP contribution < -0.4 is 5.32 Å². The van der Waals surface area contributed by atoms with E-state index in [0.717, 1.165) is 17.2 Å². The molecule has 2 heterocycles. The number of hydrogen-bond donors (Lipinski definition) is 1. The highest BCUT2D eigenvalue weighted by molar-refractivity contribution is 7.99. The molecule has 0 radical (unpaired) electrons. The summed E-state index contributed by atoms with van der Waals surface area (Å²) in [6.07, 6.45) is 5.04. The molecule has 0 aliphatic carbocycles. The van der Waals surface area contributed by atoms with Gasteiger partial charge in [-0.15, -0.1) is 0 Å². The van der Waals surface area contributed by atoms with Gasteiger partial charge in [-0.1, -0.05) is 20.8 Å². The van der Waals surface area contributed by atoms with Crippen molar-refractivity contribution >= 4 is 11.8 Å². The smallest absolute Gasteiger partial charge is 0.0351 e. The average molecular weight is 256 g/mol. The van der Waals surface area contributed by atoms with Crippen LogP contribution in [0.2, 0.25) is 0 Å². The van der Waals surface area contributed by atoms with Gasteiger partial charge in [-0.3, -0.25) is 4.90 Å². The van der Waals surface area contributed by atoms with Crippen LogP contribution in [0.1, 0.15) is 33.6 Å². The minimum absolute atomic E-state index is 0.499. The maximum absolute atomic E-state index is 3.55. The van der Waals surface area contributed by atoms with Gasteiger partial charge in [0.15, 0.2) is 0 Å². The summed E-state index contributed by atoms with van der Waals surface area (Å²) in [7, 11) is 0. The predicted octanol–water partition coefficient (Wildman–Crippen LogP) is 2.45. The lowest BCUT2D eigenvalue weighted by atomic mass is 9.75. The van der Waals surface area contributed by atoms with Crippen molar-refractivity contribution in [3.63, 3.8) is 0 Å². The number of nitrogens with one attached hydrogen (secondary N) is 1. The van der Waals surface area contributed by atoms with Crippen molar-refractivity contribution < 1.29 is 0 Å². The van der Waals surface area contributed by atoms with E-state index in [0.29, 0.717) is 5.41 Å². The molecule has 3 heteroatoms. The van der Waals surface area contributed by atoms with Crippen LogP contribution in [-0.2, 0) is 0 Å². The van der Waals surface area contributed by atoms with Gasteiger partial charge in [0.05, 0.1) is 0 Å². The van der Waals surface area contributed by atoms with Crippen LogP contribution in [-0.4, -0.2) is 48.6 Å². The summed E-state index contributed by atoms with van der Waals surface area (Å²) in [4.78, 5) is 2.74. The van der Waals surface area contributed by atoms with Gasteiger partial charge in [0.1, 0.15) is 0 Å². The fraction of sp³-hybridized carbons (Fsp3) is 1.00. The Hall–Kier alpha value is 0.270. The van der Waals surface area contributed by atoms with Gasteiger partial charge in [-0.05, 0) is 43.5 Å². The lowest BCUT2D eigenvalue weighted by Crippen LogP contribution is -2.47. The Bertz CT molecular complexity index is 241. The lowest BCUT2D eigenvalue weighted by Gasteiger charge is -2.42. The van der Waals surface area contributed by atoms with E-state index in [1.165, 1.54) is 39.0 Å². The Morgan fingerprint density at radius 1 is 1.12 bits per heavy atom. The first-order valence-corrected chi connectivity index (χ1v) is 8.28. The van der Waals surface area contributed by atoms with Crippen molar-refractivity contribution in [3.8, 4) is 0 Å². The van der Waals surface area contributed by atoms with Crippen LogP contribution in [0.15, 0.2) is 0 Å². The number of piperidine rings is 1. The molecule has 2 aliphatic rings. The molecule has 17 heavy (non-hydrogen) atoms. The van der Waals surface area contributed by atoms with Crippen molar-refractivity contribution in [1.29, 1.82) is 0 Å². The van der Waals surface area contributed by atoms with Crippen molar-refractivity contribution in [2.24, 2.45) is 11.3 Å². The Morgan fingerprint density at radius 2 is 1.76 bits per heavy atom. The van der Waals surface area contributed by atoms with E-state index in [9.17, 15) is 0 Å². The third kappa shape index (κ3) is 3.18. The van der Waals surface area contributed by atoms with Gasteiger partial charge >= 0.3 is 0 Å². The number of nitrogens with zero attached hydrogens (tertiary/aromatic N) is 1. The zero-order valence-electron chi connectivity index (χ0n) is 11.8. The molecule has 0 aromatic heterocycles. The standard InChI is InChI=1S/C14H28N2S/c1-14(2,3)11-5-7-16(8-6-11)12-9-15-10-13(12)17-4/h11-13,15H,5-10H2,1-4H3. The van der Waals surface area contributed by atoms with Crippen molar-refractivity contribution in [2.75, 3.05) is 32.4 Å². The molecule has 0 aromatic carbocycles. The maximum atomic E-state index is 3.55. The van der Waals surface area contributed by atoms with Crippen LogP contribution >= 0.6 is 11.8 Å². The third-order valence-electron chi connectivity index (χ3n) is 4.65. The Kier molecular flexibility index (Phi) is 4.43. The van der Waals surface area contributed by atoms with Gasteiger partial charge in [0.25, 0.3) is 0 Å². The van der Waals surface area contributed by atoms with Crippen molar-refractivity contribution in [3.05, 3.63) is 0 Å². The van der Waals surface area contributed by atoms with Crippen LogP contribution in [0.5, 0.6) is 0 Å². The molecule has 100 valence electrons. The molecule has 2 aliphatic heterocycles. The molecule has 2 unspecified atom stereocenters. The highest BCUT2D eigenvalue weighted by atomic mass is 32.2. The quantitative estimate of drug-likeness (QED) is 0.817. The molecule has 0 bridgehead atoms. The molecular formula is C14H28N2S. The SMILES string of the molecule is CSC1CNCC1N1CCC(C(C)(C)C)CC1. The summed E-state index contributed by atoms with van der Waals surface area (Å²) in [5.74, 6) is 0.917. The molecule has 2 nitrogen and oxygen atoms in total. The van der Waals surface area contributed by atoms with Gasteiger partial charge in [0, 0.05) is 24.4 Å². The van der Waals surface area contributed by atoms with E-state index in [-0.39, 0.29) is 0 Å². The number of likely N-dealkylation sites (tertiary alicyclic amines) is 1. The summed E-state index contributed by atoms with van der Waals surface area (Å²) in [5.41, 5.74) is 0.499. The average Bonchev–Trinajstić information content (AvgIpc) is 2.76. The highest BCUT2D eigenvalue weighted by Crippen LogP contribution is 2.35. The number of thioether (sulfide) groups is 1. The van der Waals surface area contributed by atoms with Crippen LogP contribution in [0.25, 0.3) is 0 Å². The molecule has 2 rings (SSSR count). The minimum Gasteiger partial charge on any atom is -0.314 e. The third-order valence-corrected chi connectivity index (χ3v) is 5.74. The summed E-state index contributed by atoms with van der Waals surface area (Å²) in [6, 6.07) is 0.783. The molecule has 0 spiro atoms. The molecule has 1 N–H and O–H groups in total. The van der Waals surface area contributed by atoms with Gasteiger partial charge in [-0.25, -0.2) is 0 Å². The van der Waals surface area contributed by atoms with E-state index < -0.39 is 0 Å². The Morgan fingerprint density at radius 3 is 2.29 bits per heavy atom. The van der Waals surface area contributed by atoms with E-state index in [2.05, 4.69) is 37.2 Å². The van der Waals surface area contributed by atoms with Crippen molar-refractivity contribution in [1.82, 2.24) is 10.2 Å². The molecule has 0 amide bonds. The zero-order chi connectivity index (χ0) is 12.5. The summed E-state index contributed by atoms with van der Waals surface area (Å²) >= 11 is 2.04. The molecule has 2 fully saturated rings. The summed E-state index contributed by atoms with van der Waals surface area (Å²) in [5, 5.41) is 4.36. The van der Waals surface area contributed by atoms with E-state index >= 15 is 0 Å². The second-order valence-electron chi connectivity index (χ2n) is 6.68. The maximum Gasteiger partial charge on any atom is 0.0351 e. The molecule has 0 aromatic rings. The second-order valence-corrected chi connectivity index (χ2v) is 7.75. The fourth-order valence-corrected chi connectivity index (χ4v) is 4.21. The van der Waals surface area contributed by atoms with Gasteiger partial charge in [0.2, 0.25) is 0 Å². The van der Waals surface area contributed by atoms with E-state index in [4.69, 9.17) is 0 Å². The summed E-state index contributed by atoms with van der Waals surface area (Å²) in [6.45, 7) is 12.2. The number of rotatable bonds is 2. The monoisotopic (exact) mass is 256 g/mol. The fourth-order valence-electron chi connectivity index (χ4n) is 3.34. The van der Waals surface area contributed by atoms with Crippen LogP contribution in [0, 0.1) is 11.3 Å². The Balaban J connectivity index is 1.86. The zero-order valence-corrected chi connectivity index (χ0v) is 12.6. The topological polar surface area (TPSA) is 15.3 Å². The first-order valence-electron chi connectivity index (χ1n) is 7.00. The largest absolute Gasteiger partial charge is 0.314 e. The van der Waals surface area contributed by atoms with E-state index in [1.807, 2.05) is 11.8 Å². The van der Waals surface area contributed by atoms with Crippen LogP contribution in [0.3, 0.4) is 0 Å². The Labute approximate surface area is 111 Å². The molecular weight excluding hydrogens is 228 g/mol. The predicted molar refractivity (Wildman–Crippen MR) is 77.7 cm³/mol. The normalized spacial score (nSPS) is 33.2. The van der Waals surface area contributed by atoms with E-state index in [1.54, 1.807) is 0 Å². The van der Waals surface area contributed by atoms with Gasteiger partial charge in [-0.2, -0.15) is 11.8 Å². The molecule has 0 saturated carbocycles. The van der Waals surface area contributed by atoms with Crippen LogP contribution in [0.4, 0.5) is 0 Å². The first-order chi connectivity index (χ1) is 8.02.